The highest BCUT2D eigenvalue weighted by atomic mass is 32.2. The van der Waals surface area contributed by atoms with Crippen LogP contribution in [0.4, 0.5) is 5.69 Å². The van der Waals surface area contributed by atoms with Crippen molar-refractivity contribution in [2.75, 3.05) is 11.1 Å². The van der Waals surface area contributed by atoms with Gasteiger partial charge in [-0.1, -0.05) is 30.0 Å². The number of rotatable bonds is 6. The molecular formula is C20H19N5O2S. The van der Waals surface area contributed by atoms with Crippen LogP contribution < -0.4 is 5.32 Å². The second-order valence-electron chi connectivity index (χ2n) is 6.65. The number of thioether (sulfide) groups is 1. The zero-order valence-electron chi connectivity index (χ0n) is 15.4. The summed E-state index contributed by atoms with van der Waals surface area (Å²) >= 11 is 1.27. The highest BCUT2D eigenvalue weighted by molar-refractivity contribution is 7.99. The number of benzene rings is 2. The molecule has 0 atom stereocenters. The number of anilines is 1. The number of hydrogen-bond donors (Lipinski definition) is 1. The number of aromatic nitrogens is 4. The molecule has 0 unspecified atom stereocenters. The number of tetrazole rings is 1. The van der Waals surface area contributed by atoms with Gasteiger partial charge in [0.25, 0.3) is 0 Å². The molecule has 0 aliphatic heterocycles. The Morgan fingerprint density at radius 2 is 2.00 bits per heavy atom. The van der Waals surface area contributed by atoms with E-state index in [0.717, 1.165) is 18.5 Å². The summed E-state index contributed by atoms with van der Waals surface area (Å²) in [5.41, 5.74) is 4.79. The summed E-state index contributed by atoms with van der Waals surface area (Å²) in [6, 6.07) is 13.1. The molecular weight excluding hydrogens is 374 g/mol. The first kappa shape index (κ1) is 18.4. The summed E-state index contributed by atoms with van der Waals surface area (Å²) < 4.78 is 1.66. The van der Waals surface area contributed by atoms with Crippen LogP contribution in [-0.2, 0) is 17.6 Å². The minimum Gasteiger partial charge on any atom is -0.325 e. The highest BCUT2D eigenvalue weighted by Crippen LogP contribution is 2.26. The Labute approximate surface area is 166 Å². The minimum absolute atomic E-state index is 0.0426. The molecule has 1 N–H and O–H groups in total. The summed E-state index contributed by atoms with van der Waals surface area (Å²) in [5, 5.41) is 15.2. The lowest BCUT2D eigenvalue weighted by Crippen LogP contribution is -2.15. The first-order valence-electron chi connectivity index (χ1n) is 9.04. The third-order valence-corrected chi connectivity index (χ3v) is 5.57. The number of nitrogens with one attached hydrogen (secondary N) is 1. The van der Waals surface area contributed by atoms with Crippen LogP contribution in [0.3, 0.4) is 0 Å². The maximum absolute atomic E-state index is 12.3. The summed E-state index contributed by atoms with van der Waals surface area (Å²) in [5.74, 6) is -0.0662. The maximum Gasteiger partial charge on any atom is 0.234 e. The van der Waals surface area contributed by atoms with Gasteiger partial charge in [-0.05, 0) is 72.0 Å². The van der Waals surface area contributed by atoms with Gasteiger partial charge >= 0.3 is 0 Å². The third-order valence-electron chi connectivity index (χ3n) is 4.65. The Balaban J connectivity index is 1.42. The number of Topliss-reactive ketones (excluding diaryl/α,β-unsaturated/α-hetero) is 1. The van der Waals surface area contributed by atoms with Crippen molar-refractivity contribution in [1.82, 2.24) is 20.2 Å². The normalized spacial score (nSPS) is 12.6. The molecule has 142 valence electrons. The lowest BCUT2D eigenvalue weighted by Gasteiger charge is -2.08. The SMILES string of the molecule is CC(=O)c1cccc(NC(=O)CSc2nnnn2-c2ccc3c(c2)CCC3)c1. The molecule has 4 rings (SSSR count). The molecule has 1 heterocycles. The van der Waals surface area contributed by atoms with Crippen LogP contribution in [0.2, 0.25) is 0 Å². The maximum atomic E-state index is 12.3. The van der Waals surface area contributed by atoms with Gasteiger partial charge in [0.15, 0.2) is 5.78 Å². The molecule has 0 saturated carbocycles. The largest absolute Gasteiger partial charge is 0.325 e. The van der Waals surface area contributed by atoms with Crippen molar-refractivity contribution < 1.29 is 9.59 Å². The van der Waals surface area contributed by atoms with Gasteiger partial charge in [0.2, 0.25) is 11.1 Å². The van der Waals surface area contributed by atoms with E-state index in [9.17, 15) is 9.59 Å². The smallest absolute Gasteiger partial charge is 0.234 e. The molecule has 0 fully saturated rings. The van der Waals surface area contributed by atoms with E-state index in [4.69, 9.17) is 0 Å². The second kappa shape index (κ2) is 7.93. The molecule has 0 spiro atoms. The predicted octanol–water partition coefficient (Wildman–Crippen LogP) is 3.08. The number of ketones is 1. The van der Waals surface area contributed by atoms with Crippen LogP contribution in [0.1, 0.15) is 34.8 Å². The molecule has 1 aliphatic rings. The van der Waals surface area contributed by atoms with Crippen molar-refractivity contribution in [2.24, 2.45) is 0 Å². The molecule has 28 heavy (non-hydrogen) atoms. The van der Waals surface area contributed by atoms with E-state index in [1.807, 2.05) is 6.07 Å². The van der Waals surface area contributed by atoms with E-state index in [2.05, 4.69) is 33.0 Å². The molecule has 7 nitrogen and oxygen atoms in total. The van der Waals surface area contributed by atoms with Crippen LogP contribution in [-0.4, -0.2) is 37.7 Å². The van der Waals surface area contributed by atoms with Gasteiger partial charge in [-0.25, -0.2) is 0 Å². The Hall–Kier alpha value is -3.00. The van der Waals surface area contributed by atoms with Crippen molar-refractivity contribution in [1.29, 1.82) is 0 Å². The summed E-state index contributed by atoms with van der Waals surface area (Å²) in [7, 11) is 0. The van der Waals surface area contributed by atoms with Gasteiger partial charge < -0.3 is 5.32 Å². The van der Waals surface area contributed by atoms with Crippen molar-refractivity contribution in [3.8, 4) is 5.69 Å². The summed E-state index contributed by atoms with van der Waals surface area (Å²) in [6.45, 7) is 1.50. The quantitative estimate of drug-likeness (QED) is 0.511. The number of nitrogens with zero attached hydrogens (tertiary/aromatic N) is 4. The zero-order chi connectivity index (χ0) is 19.5. The van der Waals surface area contributed by atoms with E-state index >= 15 is 0 Å². The average Bonchev–Trinajstić information content (AvgIpc) is 3.35. The second-order valence-corrected chi connectivity index (χ2v) is 7.60. The lowest BCUT2D eigenvalue weighted by molar-refractivity contribution is -0.113. The monoisotopic (exact) mass is 393 g/mol. The molecule has 2 aromatic carbocycles. The molecule has 1 amide bonds. The highest BCUT2D eigenvalue weighted by Gasteiger charge is 2.15. The van der Waals surface area contributed by atoms with Gasteiger partial charge in [0, 0.05) is 11.3 Å². The Bertz CT molecular complexity index is 1050. The van der Waals surface area contributed by atoms with E-state index in [0.29, 0.717) is 16.4 Å². The van der Waals surface area contributed by atoms with Gasteiger partial charge in [-0.3, -0.25) is 9.59 Å². The van der Waals surface area contributed by atoms with Crippen LogP contribution in [0, 0.1) is 0 Å². The number of hydrogen-bond acceptors (Lipinski definition) is 6. The molecule has 3 aromatic rings. The van der Waals surface area contributed by atoms with Gasteiger partial charge in [0.1, 0.15) is 0 Å². The van der Waals surface area contributed by atoms with Crippen LogP contribution in [0.15, 0.2) is 47.6 Å². The lowest BCUT2D eigenvalue weighted by atomic mass is 10.1. The fraction of sp³-hybridized carbons (Fsp3) is 0.250. The van der Waals surface area contributed by atoms with E-state index in [-0.39, 0.29) is 17.4 Å². The number of aryl methyl sites for hydroxylation is 2. The zero-order valence-corrected chi connectivity index (χ0v) is 16.2. The van der Waals surface area contributed by atoms with E-state index in [1.165, 1.54) is 36.2 Å². The molecule has 8 heteroatoms. The third kappa shape index (κ3) is 3.96. The van der Waals surface area contributed by atoms with Gasteiger partial charge in [-0.2, -0.15) is 4.68 Å². The van der Waals surface area contributed by atoms with Crippen molar-refractivity contribution in [3.05, 3.63) is 59.2 Å². The van der Waals surface area contributed by atoms with E-state index < -0.39 is 0 Å². The van der Waals surface area contributed by atoms with Crippen molar-refractivity contribution >= 4 is 29.1 Å². The fourth-order valence-corrected chi connectivity index (χ4v) is 3.95. The number of amides is 1. The van der Waals surface area contributed by atoms with Crippen LogP contribution >= 0.6 is 11.8 Å². The summed E-state index contributed by atoms with van der Waals surface area (Å²) in [6.07, 6.45) is 3.38. The van der Waals surface area contributed by atoms with Crippen molar-refractivity contribution in [2.45, 2.75) is 31.3 Å². The molecule has 1 aromatic heterocycles. The first-order valence-corrected chi connectivity index (χ1v) is 10.0. The van der Waals surface area contributed by atoms with Gasteiger partial charge in [0.05, 0.1) is 11.4 Å². The van der Waals surface area contributed by atoms with Crippen LogP contribution in [0.25, 0.3) is 5.69 Å². The Morgan fingerprint density at radius 1 is 1.14 bits per heavy atom. The molecule has 0 radical (unpaired) electrons. The Morgan fingerprint density at radius 3 is 2.86 bits per heavy atom. The number of fused-ring (bicyclic) bond motifs is 1. The minimum atomic E-state index is -0.186. The fourth-order valence-electron chi connectivity index (χ4n) is 3.26. The van der Waals surface area contributed by atoms with Crippen molar-refractivity contribution in [3.63, 3.8) is 0 Å². The van der Waals surface area contributed by atoms with E-state index in [1.54, 1.807) is 28.9 Å². The number of carbonyl (C=O) groups excluding carboxylic acids is 2. The topological polar surface area (TPSA) is 89.8 Å². The predicted molar refractivity (Wildman–Crippen MR) is 107 cm³/mol. The molecule has 1 aliphatic carbocycles. The Kier molecular flexibility index (Phi) is 5.21. The average molecular weight is 393 g/mol. The van der Waals surface area contributed by atoms with Gasteiger partial charge in [-0.15, -0.1) is 5.10 Å². The first-order chi connectivity index (χ1) is 13.6. The number of carbonyl (C=O) groups is 2. The molecule has 0 bridgehead atoms. The summed E-state index contributed by atoms with van der Waals surface area (Å²) in [4.78, 5) is 23.8. The standard InChI is InChI=1S/C20H19N5O2S/c1-13(26)15-5-3-7-17(10-15)21-19(27)12-28-20-22-23-24-25(20)18-9-8-14-4-2-6-16(14)11-18/h3,5,7-11H,2,4,6,12H2,1H3,(H,21,27). The van der Waals surface area contributed by atoms with Crippen LogP contribution in [0.5, 0.6) is 0 Å². The molecule has 0 saturated heterocycles.